The SMILES string of the molecule is O=C(O)c1cnc(NC2CC(c3ccccc3)C2)cn1. The van der Waals surface area contributed by atoms with Gasteiger partial charge in [0.1, 0.15) is 5.82 Å². The number of aromatic nitrogens is 2. The lowest BCUT2D eigenvalue weighted by molar-refractivity contribution is 0.0690. The van der Waals surface area contributed by atoms with Crippen LogP contribution in [0.25, 0.3) is 0 Å². The molecular weight excluding hydrogens is 254 g/mol. The van der Waals surface area contributed by atoms with E-state index in [0.717, 1.165) is 12.8 Å². The van der Waals surface area contributed by atoms with Crippen LogP contribution in [0.3, 0.4) is 0 Å². The number of carbonyl (C=O) groups is 1. The molecule has 0 spiro atoms. The van der Waals surface area contributed by atoms with E-state index in [2.05, 4.69) is 39.6 Å². The smallest absolute Gasteiger partial charge is 0.356 e. The number of carboxylic acids is 1. The number of benzene rings is 1. The summed E-state index contributed by atoms with van der Waals surface area (Å²) in [6.07, 6.45) is 4.87. The number of anilines is 1. The number of hydrogen-bond acceptors (Lipinski definition) is 4. The molecule has 1 aliphatic rings. The van der Waals surface area contributed by atoms with Crippen molar-refractivity contribution in [1.82, 2.24) is 9.97 Å². The highest BCUT2D eigenvalue weighted by molar-refractivity contribution is 5.84. The average Bonchev–Trinajstić information content (AvgIpc) is 2.44. The Labute approximate surface area is 116 Å². The Morgan fingerprint density at radius 3 is 2.50 bits per heavy atom. The molecule has 0 unspecified atom stereocenters. The Morgan fingerprint density at radius 2 is 1.90 bits per heavy atom. The molecule has 5 heteroatoms. The third-order valence-electron chi connectivity index (χ3n) is 3.63. The van der Waals surface area contributed by atoms with Gasteiger partial charge in [-0.15, -0.1) is 0 Å². The highest BCUT2D eigenvalue weighted by Gasteiger charge is 2.30. The van der Waals surface area contributed by atoms with Crippen molar-refractivity contribution in [2.24, 2.45) is 0 Å². The van der Waals surface area contributed by atoms with E-state index in [-0.39, 0.29) is 5.69 Å². The first-order chi connectivity index (χ1) is 9.72. The van der Waals surface area contributed by atoms with Gasteiger partial charge in [0, 0.05) is 6.04 Å². The quantitative estimate of drug-likeness (QED) is 0.892. The number of nitrogens with zero attached hydrogens (tertiary/aromatic N) is 2. The van der Waals surface area contributed by atoms with Gasteiger partial charge in [-0.1, -0.05) is 30.3 Å². The molecule has 1 heterocycles. The Balaban J connectivity index is 1.55. The second-order valence-corrected chi connectivity index (χ2v) is 5.01. The fourth-order valence-electron chi connectivity index (χ4n) is 2.46. The fourth-order valence-corrected chi connectivity index (χ4v) is 2.46. The van der Waals surface area contributed by atoms with Gasteiger partial charge in [-0.05, 0) is 24.3 Å². The number of nitrogens with one attached hydrogen (secondary N) is 1. The summed E-state index contributed by atoms with van der Waals surface area (Å²) in [6.45, 7) is 0. The van der Waals surface area contributed by atoms with Crippen molar-refractivity contribution in [2.75, 3.05) is 5.32 Å². The highest BCUT2D eigenvalue weighted by Crippen LogP contribution is 2.37. The molecule has 1 fully saturated rings. The zero-order valence-corrected chi connectivity index (χ0v) is 10.9. The number of rotatable bonds is 4. The molecule has 1 saturated carbocycles. The molecule has 20 heavy (non-hydrogen) atoms. The maximum atomic E-state index is 10.7. The second kappa shape index (κ2) is 5.28. The van der Waals surface area contributed by atoms with Gasteiger partial charge in [-0.25, -0.2) is 14.8 Å². The number of carboxylic acid groups (broad SMARTS) is 1. The second-order valence-electron chi connectivity index (χ2n) is 5.01. The topological polar surface area (TPSA) is 75.1 Å². The molecule has 1 aromatic heterocycles. The average molecular weight is 269 g/mol. The first-order valence-corrected chi connectivity index (χ1v) is 6.59. The lowest BCUT2D eigenvalue weighted by atomic mass is 9.76. The zero-order chi connectivity index (χ0) is 13.9. The Bertz CT molecular complexity index is 592. The van der Waals surface area contributed by atoms with Crippen LogP contribution in [0.15, 0.2) is 42.7 Å². The van der Waals surface area contributed by atoms with Gasteiger partial charge < -0.3 is 10.4 Å². The maximum absolute atomic E-state index is 10.7. The summed E-state index contributed by atoms with van der Waals surface area (Å²) in [5.41, 5.74) is 1.34. The summed E-state index contributed by atoms with van der Waals surface area (Å²) in [7, 11) is 0. The standard InChI is InChI=1S/C15H15N3O2/c19-15(20)13-8-17-14(9-16-13)18-12-6-11(7-12)10-4-2-1-3-5-10/h1-5,8-9,11-12H,6-7H2,(H,17,18)(H,19,20). The number of aromatic carboxylic acids is 1. The van der Waals surface area contributed by atoms with E-state index in [1.165, 1.54) is 18.0 Å². The monoisotopic (exact) mass is 269 g/mol. The molecule has 2 aromatic rings. The molecule has 0 atom stereocenters. The van der Waals surface area contributed by atoms with E-state index < -0.39 is 5.97 Å². The van der Waals surface area contributed by atoms with Crippen LogP contribution in [-0.2, 0) is 0 Å². The van der Waals surface area contributed by atoms with Gasteiger partial charge in [0.05, 0.1) is 12.4 Å². The highest BCUT2D eigenvalue weighted by atomic mass is 16.4. The normalized spacial score (nSPS) is 21.0. The van der Waals surface area contributed by atoms with Crippen LogP contribution in [0.2, 0.25) is 0 Å². The molecule has 0 aliphatic heterocycles. The molecule has 5 nitrogen and oxygen atoms in total. The molecule has 1 aromatic carbocycles. The van der Waals surface area contributed by atoms with Crippen molar-refractivity contribution < 1.29 is 9.90 Å². The summed E-state index contributed by atoms with van der Waals surface area (Å²) >= 11 is 0. The summed E-state index contributed by atoms with van der Waals surface area (Å²) in [5.74, 6) is 0.170. The first-order valence-electron chi connectivity index (χ1n) is 6.59. The molecular formula is C15H15N3O2. The van der Waals surface area contributed by atoms with Crippen LogP contribution in [-0.4, -0.2) is 27.1 Å². The molecule has 0 radical (unpaired) electrons. The van der Waals surface area contributed by atoms with E-state index in [1.807, 2.05) is 6.07 Å². The predicted octanol–water partition coefficient (Wildman–Crippen LogP) is 2.53. The van der Waals surface area contributed by atoms with Gasteiger partial charge in [0.15, 0.2) is 5.69 Å². The summed E-state index contributed by atoms with van der Waals surface area (Å²) in [5, 5.41) is 12.0. The summed E-state index contributed by atoms with van der Waals surface area (Å²) < 4.78 is 0. The Morgan fingerprint density at radius 1 is 1.15 bits per heavy atom. The van der Waals surface area contributed by atoms with E-state index in [0.29, 0.717) is 17.8 Å². The first kappa shape index (κ1) is 12.6. The van der Waals surface area contributed by atoms with Gasteiger partial charge in [0.25, 0.3) is 0 Å². The van der Waals surface area contributed by atoms with Crippen LogP contribution in [0, 0.1) is 0 Å². The zero-order valence-electron chi connectivity index (χ0n) is 10.9. The van der Waals surface area contributed by atoms with Crippen molar-refractivity contribution >= 4 is 11.8 Å². The van der Waals surface area contributed by atoms with E-state index in [1.54, 1.807) is 0 Å². The van der Waals surface area contributed by atoms with Crippen molar-refractivity contribution in [1.29, 1.82) is 0 Å². The third kappa shape index (κ3) is 2.61. The lowest BCUT2D eigenvalue weighted by Crippen LogP contribution is -2.34. The molecule has 102 valence electrons. The fraction of sp³-hybridized carbons (Fsp3) is 0.267. The predicted molar refractivity (Wildman–Crippen MR) is 74.8 cm³/mol. The van der Waals surface area contributed by atoms with E-state index >= 15 is 0 Å². The van der Waals surface area contributed by atoms with Gasteiger partial charge in [-0.2, -0.15) is 0 Å². The minimum atomic E-state index is -1.06. The van der Waals surface area contributed by atoms with Crippen molar-refractivity contribution in [3.63, 3.8) is 0 Å². The minimum absolute atomic E-state index is 0.0358. The Kier molecular flexibility index (Phi) is 3.33. The molecule has 0 bridgehead atoms. The minimum Gasteiger partial charge on any atom is -0.476 e. The van der Waals surface area contributed by atoms with Crippen LogP contribution in [0.5, 0.6) is 0 Å². The largest absolute Gasteiger partial charge is 0.476 e. The maximum Gasteiger partial charge on any atom is 0.356 e. The van der Waals surface area contributed by atoms with Crippen LogP contribution in [0.1, 0.15) is 34.8 Å². The summed E-state index contributed by atoms with van der Waals surface area (Å²) in [6, 6.07) is 10.8. The van der Waals surface area contributed by atoms with Crippen molar-refractivity contribution in [3.8, 4) is 0 Å². The number of hydrogen-bond donors (Lipinski definition) is 2. The molecule has 1 aliphatic carbocycles. The third-order valence-corrected chi connectivity index (χ3v) is 3.63. The van der Waals surface area contributed by atoms with Gasteiger partial charge in [0.2, 0.25) is 0 Å². The van der Waals surface area contributed by atoms with E-state index in [9.17, 15) is 4.79 Å². The Hall–Kier alpha value is -2.43. The molecule has 2 N–H and O–H groups in total. The summed E-state index contributed by atoms with van der Waals surface area (Å²) in [4.78, 5) is 18.6. The van der Waals surface area contributed by atoms with Crippen LogP contribution < -0.4 is 5.32 Å². The molecule has 0 amide bonds. The molecule has 0 saturated heterocycles. The van der Waals surface area contributed by atoms with Gasteiger partial charge >= 0.3 is 5.97 Å². The van der Waals surface area contributed by atoms with Crippen molar-refractivity contribution in [2.45, 2.75) is 24.8 Å². The van der Waals surface area contributed by atoms with E-state index in [4.69, 9.17) is 5.11 Å². The van der Waals surface area contributed by atoms with Gasteiger partial charge in [-0.3, -0.25) is 0 Å². The lowest BCUT2D eigenvalue weighted by Gasteiger charge is -2.36. The molecule has 3 rings (SSSR count). The van der Waals surface area contributed by atoms with Crippen LogP contribution in [0.4, 0.5) is 5.82 Å². The van der Waals surface area contributed by atoms with Crippen LogP contribution >= 0.6 is 0 Å². The van der Waals surface area contributed by atoms with Crippen molar-refractivity contribution in [3.05, 3.63) is 54.0 Å².